The molecule has 0 atom stereocenters. The van der Waals surface area contributed by atoms with Gasteiger partial charge in [0.2, 0.25) is 0 Å². The highest BCUT2D eigenvalue weighted by molar-refractivity contribution is 9.10. The lowest BCUT2D eigenvalue weighted by molar-refractivity contribution is -0.139. The number of rotatable bonds is 5. The first-order valence-electron chi connectivity index (χ1n) is 5.21. The smallest absolute Gasteiger partial charge is 0.348 e. The molecule has 94 valence electrons. The third-order valence-corrected chi connectivity index (χ3v) is 2.79. The quantitative estimate of drug-likeness (QED) is 0.363. The second-order valence-electron chi connectivity index (χ2n) is 3.32. The molecule has 1 rings (SSSR count). The van der Waals surface area contributed by atoms with E-state index in [4.69, 9.17) is 14.7 Å². The van der Waals surface area contributed by atoms with Crippen LogP contribution in [0.1, 0.15) is 5.56 Å². The Kier molecular flexibility index (Phi) is 6.12. The minimum atomic E-state index is -0.648. The van der Waals surface area contributed by atoms with Crippen LogP contribution in [0.5, 0.6) is 0 Å². The van der Waals surface area contributed by atoms with Crippen LogP contribution in [-0.4, -0.2) is 26.3 Å². The third-order valence-electron chi connectivity index (χ3n) is 2.07. The van der Waals surface area contributed by atoms with Crippen molar-refractivity contribution in [1.82, 2.24) is 0 Å². The summed E-state index contributed by atoms with van der Waals surface area (Å²) in [6.07, 6.45) is 1.49. The lowest BCUT2D eigenvalue weighted by atomic mass is 10.1. The molecular weight excluding hydrogens is 298 g/mol. The van der Waals surface area contributed by atoms with E-state index in [0.717, 1.165) is 10.0 Å². The second-order valence-corrected chi connectivity index (χ2v) is 4.17. The number of methoxy groups -OCH3 is 1. The summed E-state index contributed by atoms with van der Waals surface area (Å²) in [7, 11) is 1.51. The lowest BCUT2D eigenvalue weighted by Crippen LogP contribution is -2.11. The van der Waals surface area contributed by atoms with Crippen LogP contribution in [0.15, 0.2) is 34.3 Å². The Morgan fingerprint density at radius 3 is 2.78 bits per heavy atom. The van der Waals surface area contributed by atoms with Crippen LogP contribution in [0.25, 0.3) is 6.08 Å². The maximum Gasteiger partial charge on any atom is 0.348 e. The Labute approximate surface area is 114 Å². The molecule has 0 aliphatic heterocycles. The Bertz CT molecular complexity index is 491. The van der Waals surface area contributed by atoms with Crippen molar-refractivity contribution in [2.75, 3.05) is 20.3 Å². The predicted molar refractivity (Wildman–Crippen MR) is 70.6 cm³/mol. The van der Waals surface area contributed by atoms with Gasteiger partial charge in [0.25, 0.3) is 0 Å². The van der Waals surface area contributed by atoms with E-state index in [-0.39, 0.29) is 12.2 Å². The largest absolute Gasteiger partial charge is 0.459 e. The molecule has 5 heteroatoms. The molecule has 0 unspecified atom stereocenters. The Balaban J connectivity index is 2.81. The van der Waals surface area contributed by atoms with Gasteiger partial charge < -0.3 is 9.47 Å². The van der Waals surface area contributed by atoms with Gasteiger partial charge in [0.05, 0.1) is 6.61 Å². The zero-order chi connectivity index (χ0) is 13.4. The van der Waals surface area contributed by atoms with Crippen molar-refractivity contribution in [3.63, 3.8) is 0 Å². The SMILES string of the molecule is COCCOC(=O)/C(C#N)=C/c1ccccc1Br. The Morgan fingerprint density at radius 2 is 2.17 bits per heavy atom. The van der Waals surface area contributed by atoms with Gasteiger partial charge in [-0.1, -0.05) is 34.1 Å². The van der Waals surface area contributed by atoms with E-state index in [2.05, 4.69) is 15.9 Å². The highest BCUT2D eigenvalue weighted by Crippen LogP contribution is 2.19. The maximum atomic E-state index is 11.6. The zero-order valence-electron chi connectivity index (χ0n) is 9.85. The highest BCUT2D eigenvalue weighted by atomic mass is 79.9. The van der Waals surface area contributed by atoms with E-state index >= 15 is 0 Å². The van der Waals surface area contributed by atoms with Crippen LogP contribution in [0.3, 0.4) is 0 Å². The first-order chi connectivity index (χ1) is 8.69. The molecule has 0 saturated heterocycles. The van der Waals surface area contributed by atoms with Crippen molar-refractivity contribution in [1.29, 1.82) is 5.26 Å². The number of benzene rings is 1. The molecule has 0 amide bonds. The van der Waals surface area contributed by atoms with Crippen molar-refractivity contribution in [3.05, 3.63) is 39.9 Å². The van der Waals surface area contributed by atoms with Gasteiger partial charge >= 0.3 is 5.97 Å². The van der Waals surface area contributed by atoms with Gasteiger partial charge in [-0.05, 0) is 17.7 Å². The number of hydrogen-bond acceptors (Lipinski definition) is 4. The number of esters is 1. The molecule has 0 bridgehead atoms. The molecule has 18 heavy (non-hydrogen) atoms. The minimum absolute atomic E-state index is 0.0435. The summed E-state index contributed by atoms with van der Waals surface area (Å²) >= 11 is 3.34. The van der Waals surface area contributed by atoms with Crippen molar-refractivity contribution in [3.8, 4) is 6.07 Å². The molecule has 0 fully saturated rings. The molecule has 0 radical (unpaired) electrons. The van der Waals surface area contributed by atoms with Crippen LogP contribution in [0, 0.1) is 11.3 Å². The summed E-state index contributed by atoms with van der Waals surface area (Å²) in [5, 5.41) is 8.94. The molecule has 0 saturated carbocycles. The Morgan fingerprint density at radius 1 is 1.44 bits per heavy atom. The molecule has 0 aliphatic carbocycles. The molecule has 0 spiro atoms. The number of carbonyl (C=O) groups excluding carboxylic acids is 1. The van der Waals surface area contributed by atoms with E-state index in [1.54, 1.807) is 6.07 Å². The van der Waals surface area contributed by atoms with E-state index < -0.39 is 5.97 Å². The fourth-order valence-electron chi connectivity index (χ4n) is 1.18. The topological polar surface area (TPSA) is 59.3 Å². The van der Waals surface area contributed by atoms with Crippen molar-refractivity contribution in [2.24, 2.45) is 0 Å². The zero-order valence-corrected chi connectivity index (χ0v) is 11.4. The molecule has 4 nitrogen and oxygen atoms in total. The lowest BCUT2D eigenvalue weighted by Gasteiger charge is -2.03. The standard InChI is InChI=1S/C13H12BrNO3/c1-17-6-7-18-13(16)11(9-15)8-10-4-2-3-5-12(10)14/h2-5,8H,6-7H2,1H3/b11-8+. The van der Waals surface area contributed by atoms with E-state index in [0.29, 0.717) is 6.61 Å². The number of halogens is 1. The summed E-state index contributed by atoms with van der Waals surface area (Å²) in [6.45, 7) is 0.434. The van der Waals surface area contributed by atoms with Crippen LogP contribution >= 0.6 is 15.9 Å². The number of ether oxygens (including phenoxy) is 2. The molecule has 0 N–H and O–H groups in total. The van der Waals surface area contributed by atoms with E-state index in [1.807, 2.05) is 24.3 Å². The van der Waals surface area contributed by atoms with Gasteiger partial charge in [-0.25, -0.2) is 4.79 Å². The number of carbonyl (C=O) groups is 1. The summed E-state index contributed by atoms with van der Waals surface area (Å²) in [5.41, 5.74) is 0.704. The van der Waals surface area contributed by atoms with E-state index in [1.165, 1.54) is 13.2 Å². The van der Waals surface area contributed by atoms with Gasteiger partial charge in [0.15, 0.2) is 0 Å². The monoisotopic (exact) mass is 309 g/mol. The van der Waals surface area contributed by atoms with Gasteiger partial charge in [0.1, 0.15) is 18.2 Å². The van der Waals surface area contributed by atoms with Crippen molar-refractivity contribution < 1.29 is 14.3 Å². The first kappa shape index (κ1) is 14.4. The molecule has 0 aliphatic rings. The van der Waals surface area contributed by atoms with Gasteiger partial charge in [0, 0.05) is 11.6 Å². The van der Waals surface area contributed by atoms with Gasteiger partial charge in [-0.2, -0.15) is 5.26 Å². The average molecular weight is 310 g/mol. The molecule has 0 heterocycles. The summed E-state index contributed by atoms with van der Waals surface area (Å²) < 4.78 is 10.4. The molecule has 1 aromatic carbocycles. The fraction of sp³-hybridized carbons (Fsp3) is 0.231. The van der Waals surface area contributed by atoms with E-state index in [9.17, 15) is 4.79 Å². The second kappa shape index (κ2) is 7.64. The van der Waals surface area contributed by atoms with Crippen LogP contribution < -0.4 is 0 Å². The van der Waals surface area contributed by atoms with Crippen LogP contribution in [0.2, 0.25) is 0 Å². The first-order valence-corrected chi connectivity index (χ1v) is 6.00. The summed E-state index contributed by atoms with van der Waals surface area (Å²) in [4.78, 5) is 11.6. The van der Waals surface area contributed by atoms with Crippen LogP contribution in [0.4, 0.5) is 0 Å². The fourth-order valence-corrected chi connectivity index (χ4v) is 1.58. The Hall–Kier alpha value is -1.64. The van der Waals surface area contributed by atoms with Crippen LogP contribution in [-0.2, 0) is 14.3 Å². The minimum Gasteiger partial charge on any atom is -0.459 e. The van der Waals surface area contributed by atoms with Crippen molar-refractivity contribution >= 4 is 28.0 Å². The summed E-state index contributed by atoms with van der Waals surface area (Å²) in [6, 6.07) is 9.13. The maximum absolute atomic E-state index is 11.6. The number of hydrogen-bond donors (Lipinski definition) is 0. The average Bonchev–Trinajstić information content (AvgIpc) is 2.38. The normalized spacial score (nSPS) is 10.8. The summed E-state index contributed by atoms with van der Waals surface area (Å²) in [5.74, 6) is -0.648. The molecule has 1 aromatic rings. The third kappa shape index (κ3) is 4.32. The number of nitrogens with zero attached hydrogens (tertiary/aromatic N) is 1. The van der Waals surface area contributed by atoms with Gasteiger partial charge in [-0.15, -0.1) is 0 Å². The molecular formula is C13H12BrNO3. The highest BCUT2D eigenvalue weighted by Gasteiger charge is 2.11. The number of nitriles is 1. The molecule has 0 aromatic heterocycles. The predicted octanol–water partition coefficient (Wildman–Crippen LogP) is 2.55. The van der Waals surface area contributed by atoms with Gasteiger partial charge in [-0.3, -0.25) is 0 Å². The van der Waals surface area contributed by atoms with Crippen molar-refractivity contribution in [2.45, 2.75) is 0 Å².